The van der Waals surface area contributed by atoms with Crippen LogP contribution in [0.15, 0.2) is 53.4 Å². The van der Waals surface area contributed by atoms with Crippen LogP contribution in [0.25, 0.3) is 6.08 Å². The summed E-state index contributed by atoms with van der Waals surface area (Å²) in [5, 5.41) is 17.5. The topological polar surface area (TPSA) is 130 Å². The van der Waals surface area contributed by atoms with Crippen LogP contribution in [0, 0.1) is 0 Å². The van der Waals surface area contributed by atoms with Crippen LogP contribution in [-0.4, -0.2) is 37.7 Å². The van der Waals surface area contributed by atoms with Crippen molar-refractivity contribution in [2.75, 3.05) is 11.8 Å². The summed E-state index contributed by atoms with van der Waals surface area (Å²) < 4.78 is 32.5. The van der Waals surface area contributed by atoms with Gasteiger partial charge in [-0.15, -0.1) is 0 Å². The third-order valence-electron chi connectivity index (χ3n) is 3.28. The Morgan fingerprint density at radius 1 is 1.08 bits per heavy atom. The number of aromatic carboxylic acids is 1. The number of rotatable bonds is 7. The summed E-state index contributed by atoms with van der Waals surface area (Å²) in [4.78, 5) is 21.3. The molecule has 3 N–H and O–H groups in total. The van der Waals surface area contributed by atoms with E-state index >= 15 is 0 Å². The SMILES string of the molecule is COc1cc(/C=C/C(=O)O)ccc1S(=O)(=O)Nc1ccc(C(=O)O)cc1. The zero-order valence-electron chi connectivity index (χ0n) is 13.5. The first-order valence-electron chi connectivity index (χ1n) is 7.18. The number of carboxylic acid groups (broad SMARTS) is 2. The quantitative estimate of drug-likeness (QED) is 0.631. The second-order valence-corrected chi connectivity index (χ2v) is 6.72. The van der Waals surface area contributed by atoms with Gasteiger partial charge in [0.2, 0.25) is 0 Å². The molecule has 2 rings (SSSR count). The van der Waals surface area contributed by atoms with Crippen molar-refractivity contribution < 1.29 is 33.0 Å². The number of carboxylic acids is 2. The monoisotopic (exact) mass is 377 g/mol. The normalized spacial score (nSPS) is 11.3. The number of anilines is 1. The van der Waals surface area contributed by atoms with Crippen LogP contribution in [0.3, 0.4) is 0 Å². The number of nitrogens with one attached hydrogen (secondary N) is 1. The van der Waals surface area contributed by atoms with Gasteiger partial charge < -0.3 is 14.9 Å². The van der Waals surface area contributed by atoms with Gasteiger partial charge in [0.05, 0.1) is 12.7 Å². The van der Waals surface area contributed by atoms with Crippen LogP contribution >= 0.6 is 0 Å². The Kier molecular flexibility index (Phi) is 5.63. The summed E-state index contributed by atoms with van der Waals surface area (Å²) in [7, 11) is -2.71. The molecule has 0 heterocycles. The van der Waals surface area contributed by atoms with Crippen molar-refractivity contribution in [2.45, 2.75) is 4.90 Å². The molecular weight excluding hydrogens is 362 g/mol. The predicted octanol–water partition coefficient (Wildman–Crippen LogP) is 2.29. The summed E-state index contributed by atoms with van der Waals surface area (Å²) >= 11 is 0. The van der Waals surface area contributed by atoms with E-state index in [-0.39, 0.29) is 21.9 Å². The molecule has 0 amide bonds. The van der Waals surface area contributed by atoms with Crippen LogP contribution in [-0.2, 0) is 14.8 Å². The molecule has 0 fully saturated rings. The van der Waals surface area contributed by atoms with Gasteiger partial charge in [-0.25, -0.2) is 18.0 Å². The van der Waals surface area contributed by atoms with E-state index in [2.05, 4.69) is 4.72 Å². The minimum Gasteiger partial charge on any atom is -0.495 e. The van der Waals surface area contributed by atoms with E-state index in [4.69, 9.17) is 14.9 Å². The molecule has 0 aliphatic rings. The Bertz CT molecular complexity index is 963. The van der Waals surface area contributed by atoms with E-state index in [0.29, 0.717) is 5.56 Å². The molecule has 0 aliphatic heterocycles. The minimum atomic E-state index is -4.00. The van der Waals surface area contributed by atoms with Gasteiger partial charge in [0, 0.05) is 11.8 Å². The first-order chi connectivity index (χ1) is 12.2. The molecule has 26 heavy (non-hydrogen) atoms. The Morgan fingerprint density at radius 2 is 1.73 bits per heavy atom. The molecule has 0 saturated heterocycles. The highest BCUT2D eigenvalue weighted by atomic mass is 32.2. The Hall–Kier alpha value is -3.33. The maximum atomic E-state index is 12.6. The fraction of sp³-hybridized carbons (Fsp3) is 0.0588. The molecule has 0 spiro atoms. The minimum absolute atomic E-state index is 0.0279. The molecule has 0 atom stereocenters. The summed E-state index contributed by atoms with van der Waals surface area (Å²) in [5.74, 6) is -2.22. The third kappa shape index (κ3) is 4.61. The van der Waals surface area contributed by atoms with Gasteiger partial charge >= 0.3 is 11.9 Å². The maximum absolute atomic E-state index is 12.6. The zero-order valence-corrected chi connectivity index (χ0v) is 14.4. The van der Waals surface area contributed by atoms with Crippen molar-refractivity contribution in [1.29, 1.82) is 0 Å². The molecule has 0 unspecified atom stereocenters. The van der Waals surface area contributed by atoms with E-state index < -0.39 is 22.0 Å². The van der Waals surface area contributed by atoms with Crippen molar-refractivity contribution in [3.8, 4) is 5.75 Å². The predicted molar refractivity (Wildman–Crippen MR) is 93.9 cm³/mol. The van der Waals surface area contributed by atoms with Crippen molar-refractivity contribution in [3.05, 3.63) is 59.7 Å². The molecule has 2 aromatic rings. The Morgan fingerprint density at radius 3 is 2.27 bits per heavy atom. The molecule has 2 aromatic carbocycles. The number of carbonyl (C=O) groups is 2. The maximum Gasteiger partial charge on any atom is 0.335 e. The van der Waals surface area contributed by atoms with Gasteiger partial charge in [0.1, 0.15) is 10.6 Å². The third-order valence-corrected chi connectivity index (χ3v) is 4.70. The van der Waals surface area contributed by atoms with Crippen LogP contribution in [0.1, 0.15) is 15.9 Å². The molecule has 0 aromatic heterocycles. The standard InChI is InChI=1S/C17H15NO7S/c1-25-14-10-11(3-9-16(19)20)2-8-15(14)26(23,24)18-13-6-4-12(5-7-13)17(21)22/h2-10,18H,1H3,(H,19,20)(H,21,22)/b9-3+. The lowest BCUT2D eigenvalue weighted by Crippen LogP contribution is -2.14. The second-order valence-electron chi connectivity index (χ2n) is 5.07. The van der Waals surface area contributed by atoms with Gasteiger partial charge in [-0.2, -0.15) is 0 Å². The van der Waals surface area contributed by atoms with E-state index in [1.807, 2.05) is 0 Å². The zero-order chi connectivity index (χ0) is 19.3. The summed E-state index contributed by atoms with van der Waals surface area (Å²) in [6.07, 6.45) is 2.23. The number of hydrogen-bond acceptors (Lipinski definition) is 5. The first-order valence-corrected chi connectivity index (χ1v) is 8.66. The van der Waals surface area contributed by atoms with Gasteiger partial charge in [0.25, 0.3) is 10.0 Å². The number of methoxy groups -OCH3 is 1. The highest BCUT2D eigenvalue weighted by molar-refractivity contribution is 7.92. The van der Waals surface area contributed by atoms with Crippen molar-refractivity contribution in [1.82, 2.24) is 0 Å². The van der Waals surface area contributed by atoms with Gasteiger partial charge in [0.15, 0.2) is 0 Å². The number of sulfonamides is 1. The number of hydrogen-bond donors (Lipinski definition) is 3. The molecular formula is C17H15NO7S. The molecule has 136 valence electrons. The fourth-order valence-electron chi connectivity index (χ4n) is 2.07. The van der Waals surface area contributed by atoms with E-state index in [9.17, 15) is 18.0 Å². The average molecular weight is 377 g/mol. The molecule has 0 radical (unpaired) electrons. The number of benzene rings is 2. The van der Waals surface area contributed by atoms with Gasteiger partial charge in [-0.1, -0.05) is 6.07 Å². The number of aliphatic carboxylic acids is 1. The molecule has 8 nitrogen and oxygen atoms in total. The largest absolute Gasteiger partial charge is 0.495 e. The van der Waals surface area contributed by atoms with Crippen LogP contribution < -0.4 is 9.46 Å². The van der Waals surface area contributed by atoms with E-state index in [0.717, 1.165) is 6.08 Å². The highest BCUT2D eigenvalue weighted by Crippen LogP contribution is 2.27. The molecule has 0 aliphatic carbocycles. The van der Waals surface area contributed by atoms with Crippen molar-refractivity contribution in [3.63, 3.8) is 0 Å². The smallest absolute Gasteiger partial charge is 0.335 e. The first kappa shape index (κ1) is 19.0. The average Bonchev–Trinajstić information content (AvgIpc) is 2.59. The summed E-state index contributed by atoms with van der Waals surface area (Å²) in [6.45, 7) is 0. The molecule has 0 bridgehead atoms. The van der Waals surface area contributed by atoms with Crippen molar-refractivity contribution in [2.24, 2.45) is 0 Å². The van der Waals surface area contributed by atoms with E-state index in [1.54, 1.807) is 0 Å². The summed E-state index contributed by atoms with van der Waals surface area (Å²) in [6, 6.07) is 9.32. The highest BCUT2D eigenvalue weighted by Gasteiger charge is 2.20. The second kappa shape index (κ2) is 7.70. The van der Waals surface area contributed by atoms with Crippen LogP contribution in [0.2, 0.25) is 0 Å². The fourth-order valence-corrected chi connectivity index (χ4v) is 3.28. The lowest BCUT2D eigenvalue weighted by molar-refractivity contribution is -0.131. The Balaban J connectivity index is 2.32. The van der Waals surface area contributed by atoms with Crippen LogP contribution in [0.4, 0.5) is 5.69 Å². The number of ether oxygens (including phenoxy) is 1. The van der Waals surface area contributed by atoms with Crippen LogP contribution in [0.5, 0.6) is 5.75 Å². The molecule has 9 heteroatoms. The van der Waals surface area contributed by atoms with Gasteiger partial charge in [-0.3, -0.25) is 4.72 Å². The lowest BCUT2D eigenvalue weighted by atomic mass is 10.2. The molecule has 0 saturated carbocycles. The Labute approximate surface area is 149 Å². The lowest BCUT2D eigenvalue weighted by Gasteiger charge is -2.12. The van der Waals surface area contributed by atoms with Crippen molar-refractivity contribution >= 4 is 33.7 Å². The van der Waals surface area contributed by atoms with Gasteiger partial charge in [-0.05, 0) is 48.0 Å². The summed E-state index contributed by atoms with van der Waals surface area (Å²) in [5.41, 5.74) is 0.668. The van der Waals surface area contributed by atoms with E-state index in [1.165, 1.54) is 55.7 Å².